The van der Waals surface area contributed by atoms with Gasteiger partial charge in [-0.2, -0.15) is 0 Å². The van der Waals surface area contributed by atoms with Crippen LogP contribution in [0.4, 0.5) is 4.79 Å². The predicted molar refractivity (Wildman–Crippen MR) is 63.0 cm³/mol. The molecule has 1 aliphatic rings. The molecule has 0 aromatic heterocycles. The minimum absolute atomic E-state index is 0.189. The Labute approximate surface area is 101 Å². The molecule has 0 radical (unpaired) electrons. The fourth-order valence-electron chi connectivity index (χ4n) is 1.99. The van der Waals surface area contributed by atoms with Gasteiger partial charge in [-0.25, -0.2) is 4.79 Å². The molecule has 0 aromatic rings. The van der Waals surface area contributed by atoms with E-state index in [0.717, 1.165) is 5.57 Å². The van der Waals surface area contributed by atoms with Crippen molar-refractivity contribution in [1.82, 2.24) is 10.6 Å². The SMILES string of the molecule is CC=C(C)CC1(C(C)C)C(=O)NC(=O)NC1=O. The number of carbonyl (C=O) groups excluding carboxylic acids is 3. The number of urea groups is 1. The molecule has 2 N–H and O–H groups in total. The van der Waals surface area contributed by atoms with Gasteiger partial charge in [0.15, 0.2) is 0 Å². The van der Waals surface area contributed by atoms with E-state index in [1.54, 1.807) is 13.8 Å². The standard InChI is InChI=1S/C12H18N2O3/c1-5-8(4)6-12(7(2)3)9(15)13-11(17)14-10(12)16/h5,7H,6H2,1-4H3,(H2,13,14,15,16,17). The van der Waals surface area contributed by atoms with Gasteiger partial charge in [-0.1, -0.05) is 25.5 Å². The van der Waals surface area contributed by atoms with E-state index in [1.807, 2.05) is 19.9 Å². The van der Waals surface area contributed by atoms with E-state index in [1.165, 1.54) is 0 Å². The average molecular weight is 238 g/mol. The lowest BCUT2D eigenvalue weighted by molar-refractivity contribution is -0.147. The molecule has 94 valence electrons. The van der Waals surface area contributed by atoms with E-state index in [2.05, 4.69) is 10.6 Å². The number of barbiturate groups is 1. The van der Waals surface area contributed by atoms with Crippen molar-refractivity contribution in [3.05, 3.63) is 11.6 Å². The van der Waals surface area contributed by atoms with Gasteiger partial charge >= 0.3 is 6.03 Å². The van der Waals surface area contributed by atoms with Gasteiger partial charge in [0, 0.05) is 0 Å². The van der Waals surface area contributed by atoms with Gasteiger partial charge < -0.3 is 0 Å². The lowest BCUT2D eigenvalue weighted by Crippen LogP contribution is -2.64. The van der Waals surface area contributed by atoms with E-state index in [0.29, 0.717) is 6.42 Å². The highest BCUT2D eigenvalue weighted by Gasteiger charge is 2.52. The van der Waals surface area contributed by atoms with Crippen molar-refractivity contribution in [3.63, 3.8) is 0 Å². The van der Waals surface area contributed by atoms with Gasteiger partial charge in [0.1, 0.15) is 5.41 Å². The number of rotatable bonds is 3. The molecule has 17 heavy (non-hydrogen) atoms. The van der Waals surface area contributed by atoms with Crippen molar-refractivity contribution in [3.8, 4) is 0 Å². The quantitative estimate of drug-likeness (QED) is 0.575. The molecule has 1 fully saturated rings. The van der Waals surface area contributed by atoms with Crippen LogP contribution < -0.4 is 10.6 Å². The molecule has 1 saturated heterocycles. The Morgan fingerprint density at radius 2 is 1.71 bits per heavy atom. The second kappa shape index (κ2) is 4.69. The normalized spacial score (nSPS) is 20.3. The second-order valence-corrected chi connectivity index (χ2v) is 4.68. The smallest absolute Gasteiger partial charge is 0.277 e. The number of nitrogens with one attached hydrogen (secondary N) is 2. The summed E-state index contributed by atoms with van der Waals surface area (Å²) in [6.07, 6.45) is 2.19. The molecule has 0 aromatic carbocycles. The van der Waals surface area contributed by atoms with E-state index in [9.17, 15) is 14.4 Å². The highest BCUT2D eigenvalue weighted by atomic mass is 16.2. The van der Waals surface area contributed by atoms with Gasteiger partial charge in [-0.3, -0.25) is 20.2 Å². The van der Waals surface area contributed by atoms with Crippen LogP contribution in [-0.4, -0.2) is 17.8 Å². The van der Waals surface area contributed by atoms with Crippen LogP contribution in [0.25, 0.3) is 0 Å². The topological polar surface area (TPSA) is 75.3 Å². The number of imide groups is 2. The molecule has 4 amide bonds. The van der Waals surface area contributed by atoms with Crippen LogP contribution in [0.15, 0.2) is 11.6 Å². The summed E-state index contributed by atoms with van der Waals surface area (Å²) in [6, 6.07) is -0.741. The van der Waals surface area contributed by atoms with Gasteiger partial charge in [-0.05, 0) is 26.2 Å². The lowest BCUT2D eigenvalue weighted by atomic mass is 9.70. The molecule has 0 unspecified atom stereocenters. The Balaban J connectivity index is 3.18. The molecule has 1 rings (SSSR count). The van der Waals surface area contributed by atoms with Crippen LogP contribution in [0.3, 0.4) is 0 Å². The van der Waals surface area contributed by atoms with Crippen LogP contribution in [0.2, 0.25) is 0 Å². The van der Waals surface area contributed by atoms with Crippen molar-refractivity contribution in [2.24, 2.45) is 11.3 Å². The minimum atomic E-state index is -1.19. The first-order valence-electron chi connectivity index (χ1n) is 5.63. The fraction of sp³-hybridized carbons (Fsp3) is 0.583. The van der Waals surface area contributed by atoms with Gasteiger partial charge in [0.2, 0.25) is 11.8 Å². The molecule has 0 aliphatic carbocycles. The van der Waals surface area contributed by atoms with E-state index < -0.39 is 23.3 Å². The number of amides is 4. The Hall–Kier alpha value is -1.65. The summed E-state index contributed by atoms with van der Waals surface area (Å²) in [5, 5.41) is 4.35. The Morgan fingerprint density at radius 3 is 2.06 bits per heavy atom. The number of carbonyl (C=O) groups is 3. The third-order valence-electron chi connectivity index (χ3n) is 3.30. The maximum atomic E-state index is 12.0. The highest BCUT2D eigenvalue weighted by molar-refractivity contribution is 6.19. The maximum absolute atomic E-state index is 12.0. The summed E-state index contributed by atoms with van der Waals surface area (Å²) in [4.78, 5) is 35.1. The molecule has 5 heteroatoms. The number of hydrogen-bond acceptors (Lipinski definition) is 3. The summed E-state index contributed by atoms with van der Waals surface area (Å²) >= 11 is 0. The molecule has 0 spiro atoms. The summed E-state index contributed by atoms with van der Waals surface area (Å²) in [6.45, 7) is 7.32. The van der Waals surface area contributed by atoms with E-state index in [-0.39, 0.29) is 5.92 Å². The molecule has 5 nitrogen and oxygen atoms in total. The van der Waals surface area contributed by atoms with Crippen molar-refractivity contribution in [2.75, 3.05) is 0 Å². The summed E-state index contributed by atoms with van der Waals surface area (Å²) in [5.41, 5.74) is -0.247. The molecular weight excluding hydrogens is 220 g/mol. The van der Waals surface area contributed by atoms with Crippen molar-refractivity contribution < 1.29 is 14.4 Å². The average Bonchev–Trinajstić information content (AvgIpc) is 2.22. The molecule has 1 heterocycles. The largest absolute Gasteiger partial charge is 0.328 e. The third kappa shape index (κ3) is 2.23. The molecular formula is C12H18N2O3. The summed E-state index contributed by atoms with van der Waals surface area (Å²) in [5.74, 6) is -1.21. The van der Waals surface area contributed by atoms with Crippen molar-refractivity contribution in [1.29, 1.82) is 0 Å². The zero-order chi connectivity index (χ0) is 13.2. The van der Waals surface area contributed by atoms with Gasteiger partial charge in [-0.15, -0.1) is 0 Å². The zero-order valence-corrected chi connectivity index (χ0v) is 10.6. The van der Waals surface area contributed by atoms with E-state index >= 15 is 0 Å². The summed E-state index contributed by atoms with van der Waals surface area (Å²) < 4.78 is 0. The number of hydrogen-bond donors (Lipinski definition) is 2. The second-order valence-electron chi connectivity index (χ2n) is 4.68. The van der Waals surface area contributed by atoms with Crippen LogP contribution in [-0.2, 0) is 9.59 Å². The van der Waals surface area contributed by atoms with Crippen molar-refractivity contribution >= 4 is 17.8 Å². The third-order valence-corrected chi connectivity index (χ3v) is 3.30. The van der Waals surface area contributed by atoms with Crippen LogP contribution in [0.1, 0.15) is 34.1 Å². The first-order chi connectivity index (χ1) is 7.84. The van der Waals surface area contributed by atoms with Crippen molar-refractivity contribution in [2.45, 2.75) is 34.1 Å². The first kappa shape index (κ1) is 13.4. The van der Waals surface area contributed by atoms with Crippen LogP contribution in [0, 0.1) is 11.3 Å². The first-order valence-corrected chi connectivity index (χ1v) is 5.63. The van der Waals surface area contributed by atoms with Gasteiger partial charge in [0.05, 0.1) is 0 Å². The van der Waals surface area contributed by atoms with Crippen LogP contribution >= 0.6 is 0 Å². The Kier molecular flexibility index (Phi) is 3.70. The Morgan fingerprint density at radius 1 is 1.24 bits per heavy atom. The van der Waals surface area contributed by atoms with Gasteiger partial charge in [0.25, 0.3) is 0 Å². The predicted octanol–water partition coefficient (Wildman–Crippen LogP) is 1.35. The van der Waals surface area contributed by atoms with Crippen LogP contribution in [0.5, 0.6) is 0 Å². The van der Waals surface area contributed by atoms with E-state index in [4.69, 9.17) is 0 Å². The monoisotopic (exact) mass is 238 g/mol. The molecule has 0 atom stereocenters. The number of allylic oxidation sites excluding steroid dienone is 2. The molecule has 0 saturated carbocycles. The summed E-state index contributed by atoms with van der Waals surface area (Å²) in [7, 11) is 0. The lowest BCUT2D eigenvalue weighted by Gasteiger charge is -2.37. The fourth-order valence-corrected chi connectivity index (χ4v) is 1.99. The zero-order valence-electron chi connectivity index (χ0n) is 10.6. The molecule has 0 bridgehead atoms. The Bertz CT molecular complexity index is 377. The maximum Gasteiger partial charge on any atom is 0.328 e. The molecule has 1 aliphatic heterocycles. The highest BCUT2D eigenvalue weighted by Crippen LogP contribution is 2.36. The minimum Gasteiger partial charge on any atom is -0.277 e.